The van der Waals surface area contributed by atoms with Crippen LogP contribution in [-0.2, 0) is 16.0 Å². The van der Waals surface area contributed by atoms with Gasteiger partial charge in [-0.05, 0) is 35.2 Å². The third-order valence-corrected chi connectivity index (χ3v) is 5.76. The van der Waals surface area contributed by atoms with Gasteiger partial charge in [-0.25, -0.2) is 4.79 Å². The van der Waals surface area contributed by atoms with Crippen molar-refractivity contribution in [3.05, 3.63) is 35.2 Å². The zero-order valence-electron chi connectivity index (χ0n) is 13.6. The molecule has 0 aliphatic carbocycles. The predicted molar refractivity (Wildman–Crippen MR) is 94.3 cm³/mol. The standard InChI is InChI=1S/C18H22N2O3S/c21-18(19-10-13-12-24-17-6-2-1-4-14(13)17)20-7-9-23-16(11-20)15-5-3-8-22-15/h1-2,4,6,12,15-16H,3,5,7-11H2,(H,19,21)/t15-,16-/m0/s1. The molecule has 2 amide bonds. The van der Waals surface area contributed by atoms with Gasteiger partial charge in [-0.2, -0.15) is 0 Å². The molecule has 2 fully saturated rings. The Morgan fingerprint density at radius 1 is 1.25 bits per heavy atom. The summed E-state index contributed by atoms with van der Waals surface area (Å²) >= 11 is 1.72. The molecule has 24 heavy (non-hydrogen) atoms. The summed E-state index contributed by atoms with van der Waals surface area (Å²) in [5, 5.41) is 6.40. The molecule has 2 aromatic rings. The van der Waals surface area contributed by atoms with Gasteiger partial charge in [0.2, 0.25) is 0 Å². The van der Waals surface area contributed by atoms with Gasteiger partial charge in [-0.3, -0.25) is 0 Å². The summed E-state index contributed by atoms with van der Waals surface area (Å²) in [6.07, 6.45) is 2.26. The molecular weight excluding hydrogens is 324 g/mol. The van der Waals surface area contributed by atoms with E-state index in [1.807, 2.05) is 17.0 Å². The van der Waals surface area contributed by atoms with E-state index in [-0.39, 0.29) is 18.2 Å². The van der Waals surface area contributed by atoms with Gasteiger partial charge in [0, 0.05) is 24.4 Å². The van der Waals surface area contributed by atoms with Crippen LogP contribution in [0.25, 0.3) is 10.1 Å². The summed E-state index contributed by atoms with van der Waals surface area (Å²) in [7, 11) is 0. The summed E-state index contributed by atoms with van der Waals surface area (Å²) < 4.78 is 12.8. The number of nitrogens with one attached hydrogen (secondary N) is 1. The SMILES string of the molecule is O=C(NCc1csc2ccccc12)N1CCO[C@H]([C@@H]2CCCO2)C1. The molecule has 1 aromatic carbocycles. The Bertz CT molecular complexity index is 711. The fraction of sp³-hybridized carbons (Fsp3) is 0.500. The number of amides is 2. The van der Waals surface area contributed by atoms with Gasteiger partial charge in [0.1, 0.15) is 6.10 Å². The molecule has 1 N–H and O–H groups in total. The Balaban J connectivity index is 1.35. The predicted octanol–water partition coefficient (Wildman–Crippen LogP) is 2.99. The van der Waals surface area contributed by atoms with Crippen molar-refractivity contribution in [2.24, 2.45) is 0 Å². The smallest absolute Gasteiger partial charge is 0.317 e. The Morgan fingerprint density at radius 2 is 2.12 bits per heavy atom. The molecule has 5 nitrogen and oxygen atoms in total. The van der Waals surface area contributed by atoms with E-state index < -0.39 is 0 Å². The zero-order chi connectivity index (χ0) is 16.4. The van der Waals surface area contributed by atoms with E-state index in [9.17, 15) is 4.79 Å². The first-order chi connectivity index (χ1) is 11.8. The Kier molecular flexibility index (Phi) is 4.69. The molecule has 2 saturated heterocycles. The molecule has 0 saturated carbocycles. The van der Waals surface area contributed by atoms with Crippen molar-refractivity contribution in [1.82, 2.24) is 10.2 Å². The number of benzene rings is 1. The number of hydrogen-bond donors (Lipinski definition) is 1. The molecule has 3 heterocycles. The highest BCUT2D eigenvalue weighted by atomic mass is 32.1. The zero-order valence-corrected chi connectivity index (χ0v) is 14.4. The number of carbonyl (C=O) groups excluding carboxylic acids is 1. The lowest BCUT2D eigenvalue weighted by molar-refractivity contribution is -0.0849. The molecular formula is C18H22N2O3S. The van der Waals surface area contributed by atoms with E-state index in [0.29, 0.717) is 26.2 Å². The van der Waals surface area contributed by atoms with Crippen molar-refractivity contribution in [1.29, 1.82) is 0 Å². The maximum atomic E-state index is 12.5. The number of thiophene rings is 1. The van der Waals surface area contributed by atoms with E-state index >= 15 is 0 Å². The number of urea groups is 1. The maximum absolute atomic E-state index is 12.5. The van der Waals surface area contributed by atoms with Crippen LogP contribution in [0.3, 0.4) is 0 Å². The maximum Gasteiger partial charge on any atom is 0.317 e. The molecule has 0 radical (unpaired) electrons. The van der Waals surface area contributed by atoms with Gasteiger partial charge < -0.3 is 19.7 Å². The van der Waals surface area contributed by atoms with Crippen LogP contribution in [0.1, 0.15) is 18.4 Å². The first-order valence-electron chi connectivity index (χ1n) is 8.52. The summed E-state index contributed by atoms with van der Waals surface area (Å²) in [4.78, 5) is 14.4. The highest BCUT2D eigenvalue weighted by Gasteiger charge is 2.32. The second-order valence-electron chi connectivity index (χ2n) is 6.32. The van der Waals surface area contributed by atoms with Crippen LogP contribution in [-0.4, -0.2) is 49.4 Å². The normalized spacial score (nSPS) is 24.4. The lowest BCUT2D eigenvalue weighted by atomic mass is 10.1. The van der Waals surface area contributed by atoms with Gasteiger partial charge in [0.15, 0.2) is 0 Å². The van der Waals surface area contributed by atoms with Gasteiger partial charge in [-0.1, -0.05) is 18.2 Å². The summed E-state index contributed by atoms with van der Waals surface area (Å²) in [5.41, 5.74) is 1.17. The third kappa shape index (κ3) is 3.27. The largest absolute Gasteiger partial charge is 0.375 e. The molecule has 0 spiro atoms. The fourth-order valence-corrected chi connectivity index (χ4v) is 4.40. The number of carbonyl (C=O) groups is 1. The molecule has 0 bridgehead atoms. The molecule has 0 unspecified atom stereocenters. The minimum absolute atomic E-state index is 0.00831. The van der Waals surface area contributed by atoms with E-state index in [1.165, 1.54) is 15.6 Å². The minimum Gasteiger partial charge on any atom is -0.375 e. The summed E-state index contributed by atoms with van der Waals surface area (Å²) in [6, 6.07) is 8.28. The average molecular weight is 346 g/mol. The average Bonchev–Trinajstić information content (AvgIpc) is 3.30. The second kappa shape index (κ2) is 7.09. The van der Waals surface area contributed by atoms with Crippen molar-refractivity contribution in [2.75, 3.05) is 26.3 Å². The van der Waals surface area contributed by atoms with E-state index in [2.05, 4.69) is 22.8 Å². The lowest BCUT2D eigenvalue weighted by Gasteiger charge is -2.35. The first kappa shape index (κ1) is 15.9. The third-order valence-electron chi connectivity index (χ3n) is 4.75. The topological polar surface area (TPSA) is 50.8 Å². The van der Waals surface area contributed by atoms with Crippen LogP contribution in [0.5, 0.6) is 0 Å². The monoisotopic (exact) mass is 346 g/mol. The van der Waals surface area contributed by atoms with Gasteiger partial charge in [-0.15, -0.1) is 11.3 Å². The molecule has 6 heteroatoms. The van der Waals surface area contributed by atoms with Crippen molar-refractivity contribution in [2.45, 2.75) is 31.6 Å². The van der Waals surface area contributed by atoms with Gasteiger partial charge in [0.05, 0.1) is 19.3 Å². The van der Waals surface area contributed by atoms with Gasteiger partial charge in [0.25, 0.3) is 0 Å². The van der Waals surface area contributed by atoms with E-state index in [4.69, 9.17) is 9.47 Å². The molecule has 2 aliphatic rings. The fourth-order valence-electron chi connectivity index (χ4n) is 3.43. The van der Waals surface area contributed by atoms with Crippen LogP contribution < -0.4 is 5.32 Å². The van der Waals surface area contributed by atoms with Crippen LogP contribution in [0, 0.1) is 0 Å². The summed E-state index contributed by atoms with van der Waals surface area (Å²) in [6.45, 7) is 3.20. The van der Waals surface area contributed by atoms with Crippen LogP contribution >= 0.6 is 11.3 Å². The van der Waals surface area contributed by atoms with E-state index in [0.717, 1.165) is 19.4 Å². The Hall–Kier alpha value is -1.63. The first-order valence-corrected chi connectivity index (χ1v) is 9.40. The lowest BCUT2D eigenvalue weighted by Crippen LogP contribution is -2.52. The highest BCUT2D eigenvalue weighted by molar-refractivity contribution is 7.17. The summed E-state index contributed by atoms with van der Waals surface area (Å²) in [5.74, 6) is 0. The van der Waals surface area contributed by atoms with Crippen LogP contribution in [0.2, 0.25) is 0 Å². The van der Waals surface area contributed by atoms with Crippen LogP contribution in [0.15, 0.2) is 29.6 Å². The van der Waals surface area contributed by atoms with Crippen molar-refractivity contribution in [3.8, 4) is 0 Å². The van der Waals surface area contributed by atoms with E-state index in [1.54, 1.807) is 11.3 Å². The Labute approximate surface area is 145 Å². The number of fused-ring (bicyclic) bond motifs is 1. The Morgan fingerprint density at radius 3 is 3.00 bits per heavy atom. The number of morpholine rings is 1. The molecule has 128 valence electrons. The number of nitrogens with zero attached hydrogens (tertiary/aromatic N) is 1. The van der Waals surface area contributed by atoms with Crippen molar-refractivity contribution >= 4 is 27.5 Å². The minimum atomic E-state index is -0.0171. The second-order valence-corrected chi connectivity index (χ2v) is 7.23. The molecule has 2 aliphatic heterocycles. The van der Waals surface area contributed by atoms with Crippen molar-refractivity contribution < 1.29 is 14.3 Å². The molecule has 1 aromatic heterocycles. The van der Waals surface area contributed by atoms with Crippen molar-refractivity contribution in [3.63, 3.8) is 0 Å². The number of hydrogen-bond acceptors (Lipinski definition) is 4. The number of rotatable bonds is 3. The highest BCUT2D eigenvalue weighted by Crippen LogP contribution is 2.25. The van der Waals surface area contributed by atoms with Crippen LogP contribution in [0.4, 0.5) is 4.79 Å². The molecule has 4 rings (SSSR count). The van der Waals surface area contributed by atoms with Gasteiger partial charge >= 0.3 is 6.03 Å². The number of ether oxygens (including phenoxy) is 2. The quantitative estimate of drug-likeness (QED) is 0.929. The molecule has 2 atom stereocenters.